The van der Waals surface area contributed by atoms with Crippen LogP contribution >= 0.6 is 11.3 Å². The van der Waals surface area contributed by atoms with Crippen LogP contribution in [0.3, 0.4) is 0 Å². The van der Waals surface area contributed by atoms with E-state index in [0.29, 0.717) is 0 Å². The topological polar surface area (TPSA) is 15.8 Å². The van der Waals surface area contributed by atoms with Gasteiger partial charge in [-0.2, -0.15) is 0 Å². The lowest BCUT2D eigenvalue weighted by Gasteiger charge is -2.16. The largest absolute Gasteiger partial charge is 0.354 e. The van der Waals surface area contributed by atoms with Crippen LogP contribution in [0.15, 0.2) is 109 Å². The number of rotatable bonds is 16. The van der Waals surface area contributed by atoms with E-state index in [1.165, 1.54) is 163 Å². The maximum atomic E-state index is 3.92. The van der Waals surface area contributed by atoms with Gasteiger partial charge in [-0.1, -0.05) is 163 Å². The lowest BCUT2D eigenvalue weighted by atomic mass is 9.88. The predicted molar refractivity (Wildman–Crippen MR) is 231 cm³/mol. The molecule has 0 amide bonds. The summed E-state index contributed by atoms with van der Waals surface area (Å²) in [5, 5.41) is 8.00. The summed E-state index contributed by atoms with van der Waals surface area (Å²) in [6.45, 7) is 4.59. The number of hydrogen-bond acceptors (Lipinski definition) is 1. The normalized spacial score (nSPS) is 12.0. The van der Waals surface area contributed by atoms with Crippen LogP contribution in [-0.4, -0.2) is 4.98 Å². The van der Waals surface area contributed by atoms with Crippen molar-refractivity contribution in [1.29, 1.82) is 0 Å². The molecular formula is C50H53NS. The number of unbranched alkanes of at least 4 members (excludes halogenated alkanes) is 10. The summed E-state index contributed by atoms with van der Waals surface area (Å²) in [7, 11) is 0. The molecule has 264 valence electrons. The molecule has 0 radical (unpaired) electrons. The second-order valence-corrected chi connectivity index (χ2v) is 16.1. The summed E-state index contributed by atoms with van der Waals surface area (Å²) < 4.78 is 2.73. The van der Waals surface area contributed by atoms with Crippen molar-refractivity contribution in [2.75, 3.05) is 0 Å². The highest BCUT2D eigenvalue weighted by molar-refractivity contribution is 7.26. The second-order valence-electron chi connectivity index (χ2n) is 15.1. The Labute approximate surface area is 314 Å². The number of aromatic nitrogens is 1. The van der Waals surface area contributed by atoms with Crippen molar-refractivity contribution in [3.63, 3.8) is 0 Å². The monoisotopic (exact) mass is 699 g/mol. The number of para-hydroxylation sites is 1. The molecule has 0 saturated carbocycles. The van der Waals surface area contributed by atoms with Crippen molar-refractivity contribution in [3.8, 4) is 22.3 Å². The van der Waals surface area contributed by atoms with E-state index >= 15 is 0 Å². The molecule has 2 heteroatoms. The summed E-state index contributed by atoms with van der Waals surface area (Å²) in [6, 6.07) is 41.9. The third-order valence-electron chi connectivity index (χ3n) is 11.4. The Kier molecular flexibility index (Phi) is 10.7. The van der Waals surface area contributed by atoms with Gasteiger partial charge >= 0.3 is 0 Å². The number of nitrogens with one attached hydrogen (secondary N) is 1. The van der Waals surface area contributed by atoms with Crippen molar-refractivity contribution in [2.45, 2.75) is 104 Å². The van der Waals surface area contributed by atoms with Crippen molar-refractivity contribution >= 4 is 64.1 Å². The van der Waals surface area contributed by atoms with E-state index in [0.717, 1.165) is 12.8 Å². The Bertz CT molecular complexity index is 2250. The lowest BCUT2D eigenvalue weighted by Crippen LogP contribution is -1.91. The molecule has 6 aromatic carbocycles. The minimum atomic E-state index is 1.16. The molecule has 0 atom stereocenters. The first-order valence-electron chi connectivity index (χ1n) is 20.2. The molecule has 1 nitrogen and oxygen atoms in total. The zero-order valence-electron chi connectivity index (χ0n) is 31.2. The Morgan fingerprint density at radius 1 is 0.462 bits per heavy atom. The first-order valence-corrected chi connectivity index (χ1v) is 21.0. The highest BCUT2D eigenvalue weighted by atomic mass is 32.1. The summed E-state index contributed by atoms with van der Waals surface area (Å²) >= 11 is 1.95. The van der Waals surface area contributed by atoms with Gasteiger partial charge < -0.3 is 4.98 Å². The SMILES string of the molecule is CCCCCCCCc1ccc(-c2cc3c4ccccc4sc3c3c(-c4ccc(CCCCCCCC)cc4)cc4c5ccccc5[nH]c4c23)cc1. The maximum absolute atomic E-state index is 3.92. The third-order valence-corrected chi connectivity index (χ3v) is 12.6. The van der Waals surface area contributed by atoms with Crippen LogP contribution in [0.25, 0.3) is 75.0 Å². The Morgan fingerprint density at radius 2 is 0.981 bits per heavy atom. The summed E-state index contributed by atoms with van der Waals surface area (Å²) in [6.07, 6.45) is 18.3. The Hall–Kier alpha value is -4.40. The standard InChI is InChI=1S/C50H53NS/c1-3-5-7-9-11-13-19-35-25-29-37(30-26-35)41-34-44-40-22-16-18-24-46(40)52-50(44)48-42(33-43-39-21-15-17-23-45(39)51-49(43)47(41)48)38-31-27-36(28-32-38)20-14-12-10-8-6-4-2/h15-18,21-34,51H,3-14,19-20H2,1-2H3. The molecule has 0 bridgehead atoms. The first kappa shape index (κ1) is 34.7. The van der Waals surface area contributed by atoms with Crippen molar-refractivity contribution in [3.05, 3.63) is 120 Å². The van der Waals surface area contributed by atoms with Crippen molar-refractivity contribution < 1.29 is 0 Å². The number of aryl methyl sites for hydroxylation is 2. The highest BCUT2D eigenvalue weighted by Crippen LogP contribution is 2.49. The second kappa shape index (κ2) is 16.1. The molecule has 0 spiro atoms. The molecule has 0 aliphatic heterocycles. The molecule has 0 aliphatic carbocycles. The Morgan fingerprint density at radius 3 is 1.62 bits per heavy atom. The van der Waals surface area contributed by atoms with E-state index in [4.69, 9.17) is 0 Å². The number of benzene rings is 6. The van der Waals surface area contributed by atoms with Crippen molar-refractivity contribution in [1.82, 2.24) is 4.98 Å². The summed E-state index contributed by atoms with van der Waals surface area (Å²) in [4.78, 5) is 3.92. The summed E-state index contributed by atoms with van der Waals surface area (Å²) in [5.74, 6) is 0. The number of fused-ring (bicyclic) bond motifs is 9. The van der Waals surface area contributed by atoms with Gasteiger partial charge in [-0.05, 0) is 83.3 Å². The van der Waals surface area contributed by atoms with Crippen LogP contribution in [-0.2, 0) is 12.8 Å². The minimum absolute atomic E-state index is 1.16. The van der Waals surface area contributed by atoms with Crippen molar-refractivity contribution in [2.24, 2.45) is 0 Å². The van der Waals surface area contributed by atoms with E-state index in [-0.39, 0.29) is 0 Å². The van der Waals surface area contributed by atoms with E-state index < -0.39 is 0 Å². The fraction of sp³-hybridized carbons (Fsp3) is 0.320. The Balaban J connectivity index is 1.27. The first-order chi connectivity index (χ1) is 25.7. The van der Waals surface area contributed by atoms with Gasteiger partial charge in [-0.25, -0.2) is 0 Å². The number of aromatic amines is 1. The fourth-order valence-corrected chi connectivity index (χ4v) is 9.73. The summed E-state index contributed by atoms with van der Waals surface area (Å²) in [5.41, 5.74) is 10.6. The molecular weight excluding hydrogens is 647 g/mol. The zero-order valence-corrected chi connectivity index (χ0v) is 32.0. The molecule has 0 saturated heterocycles. The predicted octanol–water partition coefficient (Wildman–Crippen LogP) is 16.0. The smallest absolute Gasteiger partial charge is 0.0551 e. The molecule has 2 heterocycles. The molecule has 8 aromatic rings. The van der Waals surface area contributed by atoms with E-state index in [2.05, 4.69) is 128 Å². The van der Waals surface area contributed by atoms with Crippen LogP contribution in [0, 0.1) is 0 Å². The number of H-pyrrole nitrogens is 1. The van der Waals surface area contributed by atoms with Gasteiger partial charge in [-0.15, -0.1) is 11.3 Å². The molecule has 0 fully saturated rings. The van der Waals surface area contributed by atoms with Gasteiger partial charge in [0.2, 0.25) is 0 Å². The van der Waals surface area contributed by atoms with Crippen LogP contribution in [0.1, 0.15) is 102 Å². The maximum Gasteiger partial charge on any atom is 0.0551 e. The van der Waals surface area contributed by atoms with E-state index in [1.807, 2.05) is 11.3 Å². The minimum Gasteiger partial charge on any atom is -0.354 e. The van der Waals surface area contributed by atoms with E-state index in [1.54, 1.807) is 0 Å². The van der Waals surface area contributed by atoms with Gasteiger partial charge in [0.1, 0.15) is 0 Å². The van der Waals surface area contributed by atoms with E-state index in [9.17, 15) is 0 Å². The molecule has 8 rings (SSSR count). The average molecular weight is 700 g/mol. The number of hydrogen-bond donors (Lipinski definition) is 1. The van der Waals surface area contributed by atoms with Crippen LogP contribution in [0.5, 0.6) is 0 Å². The quantitative estimate of drug-likeness (QED) is 0.0967. The van der Waals surface area contributed by atoms with Gasteiger partial charge in [-0.3, -0.25) is 0 Å². The van der Waals surface area contributed by atoms with Gasteiger partial charge in [0.15, 0.2) is 0 Å². The van der Waals surface area contributed by atoms with Gasteiger partial charge in [0.25, 0.3) is 0 Å². The highest BCUT2D eigenvalue weighted by Gasteiger charge is 2.21. The van der Waals surface area contributed by atoms with Crippen LogP contribution in [0.4, 0.5) is 0 Å². The lowest BCUT2D eigenvalue weighted by molar-refractivity contribution is 0.607. The van der Waals surface area contributed by atoms with Gasteiger partial charge in [0, 0.05) is 47.2 Å². The molecule has 0 aliphatic rings. The average Bonchev–Trinajstić information content (AvgIpc) is 3.76. The number of thiophene rings is 1. The zero-order chi connectivity index (χ0) is 35.3. The molecule has 1 N–H and O–H groups in total. The van der Waals surface area contributed by atoms with Crippen LogP contribution in [0.2, 0.25) is 0 Å². The molecule has 2 aromatic heterocycles. The fourth-order valence-electron chi connectivity index (χ4n) is 8.48. The third kappa shape index (κ3) is 7.03. The molecule has 52 heavy (non-hydrogen) atoms. The molecule has 0 unspecified atom stereocenters. The van der Waals surface area contributed by atoms with Gasteiger partial charge in [0.05, 0.1) is 5.52 Å². The van der Waals surface area contributed by atoms with Crippen LogP contribution < -0.4 is 0 Å².